The SMILES string of the molecule is COc1ccc(CNC(=S)N2CCC[C@@H]2c2ccc(OC)cc2OC)cc1. The van der Waals surface area contributed by atoms with E-state index in [0.29, 0.717) is 6.54 Å². The molecular formula is C21H26N2O3S. The summed E-state index contributed by atoms with van der Waals surface area (Å²) in [7, 11) is 5.02. The molecule has 1 heterocycles. The van der Waals surface area contributed by atoms with Gasteiger partial charge in [0.25, 0.3) is 0 Å². The summed E-state index contributed by atoms with van der Waals surface area (Å²) in [6.07, 6.45) is 2.15. The molecule has 0 saturated carbocycles. The van der Waals surface area contributed by atoms with Crippen molar-refractivity contribution in [3.05, 3.63) is 53.6 Å². The summed E-state index contributed by atoms with van der Waals surface area (Å²) in [6.45, 7) is 1.63. The summed E-state index contributed by atoms with van der Waals surface area (Å²) in [5, 5.41) is 4.16. The van der Waals surface area contributed by atoms with Crippen LogP contribution in [0.1, 0.15) is 30.0 Å². The van der Waals surface area contributed by atoms with E-state index < -0.39 is 0 Å². The van der Waals surface area contributed by atoms with E-state index in [2.05, 4.69) is 16.3 Å². The summed E-state index contributed by atoms with van der Waals surface area (Å²) < 4.78 is 16.1. The molecule has 0 aliphatic carbocycles. The van der Waals surface area contributed by atoms with Crippen molar-refractivity contribution in [2.45, 2.75) is 25.4 Å². The molecule has 1 fully saturated rings. The first-order valence-electron chi connectivity index (χ1n) is 9.05. The van der Waals surface area contributed by atoms with Crippen LogP contribution in [-0.4, -0.2) is 37.9 Å². The number of thiocarbonyl (C=S) groups is 1. The highest BCUT2D eigenvalue weighted by atomic mass is 32.1. The molecule has 0 radical (unpaired) electrons. The van der Waals surface area contributed by atoms with E-state index in [0.717, 1.165) is 52.9 Å². The molecule has 1 aliphatic heterocycles. The fourth-order valence-corrected chi connectivity index (χ4v) is 3.74. The van der Waals surface area contributed by atoms with Crippen LogP contribution >= 0.6 is 12.2 Å². The van der Waals surface area contributed by atoms with Gasteiger partial charge in [-0.3, -0.25) is 0 Å². The minimum atomic E-state index is 0.210. The Morgan fingerprint density at radius 2 is 1.74 bits per heavy atom. The van der Waals surface area contributed by atoms with Gasteiger partial charge in [-0.15, -0.1) is 0 Å². The van der Waals surface area contributed by atoms with Gasteiger partial charge in [0, 0.05) is 24.7 Å². The van der Waals surface area contributed by atoms with Crippen LogP contribution in [0.3, 0.4) is 0 Å². The summed E-state index contributed by atoms with van der Waals surface area (Å²) in [5.74, 6) is 2.48. The molecule has 0 bridgehead atoms. The Hall–Kier alpha value is -2.47. The zero-order valence-corrected chi connectivity index (χ0v) is 16.8. The minimum absolute atomic E-state index is 0.210. The van der Waals surface area contributed by atoms with Crippen molar-refractivity contribution < 1.29 is 14.2 Å². The average Bonchev–Trinajstić information content (AvgIpc) is 3.21. The quantitative estimate of drug-likeness (QED) is 0.759. The number of nitrogens with one attached hydrogen (secondary N) is 1. The maximum Gasteiger partial charge on any atom is 0.169 e. The highest BCUT2D eigenvalue weighted by Gasteiger charge is 2.30. The van der Waals surface area contributed by atoms with Crippen LogP contribution in [0.2, 0.25) is 0 Å². The van der Waals surface area contributed by atoms with E-state index in [1.807, 2.05) is 36.4 Å². The number of nitrogens with zero attached hydrogens (tertiary/aromatic N) is 1. The number of benzene rings is 2. The van der Waals surface area contributed by atoms with Gasteiger partial charge in [0.15, 0.2) is 5.11 Å². The van der Waals surface area contributed by atoms with E-state index in [1.54, 1.807) is 21.3 Å². The van der Waals surface area contributed by atoms with Gasteiger partial charge in [0.1, 0.15) is 17.2 Å². The third-order valence-electron chi connectivity index (χ3n) is 4.92. The number of likely N-dealkylation sites (tertiary alicyclic amines) is 1. The van der Waals surface area contributed by atoms with Crippen molar-refractivity contribution in [1.82, 2.24) is 10.2 Å². The number of methoxy groups -OCH3 is 3. The fourth-order valence-electron chi connectivity index (χ4n) is 3.45. The predicted molar refractivity (Wildman–Crippen MR) is 111 cm³/mol. The highest BCUT2D eigenvalue weighted by Crippen LogP contribution is 2.38. The molecule has 1 atom stereocenters. The van der Waals surface area contributed by atoms with Gasteiger partial charge in [-0.25, -0.2) is 0 Å². The topological polar surface area (TPSA) is 43.0 Å². The Bertz CT molecular complexity index is 779. The molecule has 5 nitrogen and oxygen atoms in total. The number of rotatable bonds is 6. The van der Waals surface area contributed by atoms with Crippen molar-refractivity contribution in [2.75, 3.05) is 27.9 Å². The summed E-state index contributed by atoms with van der Waals surface area (Å²) >= 11 is 5.69. The zero-order chi connectivity index (χ0) is 19.2. The number of ether oxygens (including phenoxy) is 3. The number of hydrogen-bond acceptors (Lipinski definition) is 4. The lowest BCUT2D eigenvalue weighted by Gasteiger charge is -2.29. The van der Waals surface area contributed by atoms with Gasteiger partial charge < -0.3 is 24.4 Å². The Morgan fingerprint density at radius 1 is 1.04 bits per heavy atom. The lowest BCUT2D eigenvalue weighted by atomic mass is 10.0. The Balaban J connectivity index is 1.69. The average molecular weight is 387 g/mol. The maximum absolute atomic E-state index is 5.69. The Labute approximate surface area is 166 Å². The van der Waals surface area contributed by atoms with Gasteiger partial charge in [0.05, 0.1) is 27.4 Å². The molecule has 1 saturated heterocycles. The highest BCUT2D eigenvalue weighted by molar-refractivity contribution is 7.80. The molecule has 1 N–H and O–H groups in total. The second-order valence-electron chi connectivity index (χ2n) is 6.47. The molecule has 0 unspecified atom stereocenters. The van der Waals surface area contributed by atoms with Crippen LogP contribution in [0.25, 0.3) is 0 Å². The molecule has 0 amide bonds. The molecule has 1 aliphatic rings. The molecule has 6 heteroatoms. The first-order chi connectivity index (χ1) is 13.2. The van der Waals surface area contributed by atoms with E-state index in [9.17, 15) is 0 Å². The largest absolute Gasteiger partial charge is 0.497 e. The van der Waals surface area contributed by atoms with Crippen molar-refractivity contribution >= 4 is 17.3 Å². The third kappa shape index (κ3) is 4.45. The first-order valence-corrected chi connectivity index (χ1v) is 9.46. The molecule has 3 rings (SSSR count). The summed E-state index contributed by atoms with van der Waals surface area (Å²) in [4.78, 5) is 2.25. The van der Waals surface area contributed by atoms with Crippen LogP contribution in [0, 0.1) is 0 Å². The molecule has 2 aromatic carbocycles. The lowest BCUT2D eigenvalue weighted by molar-refractivity contribution is 0.357. The molecule has 144 valence electrons. The van der Waals surface area contributed by atoms with Crippen molar-refractivity contribution in [2.24, 2.45) is 0 Å². The predicted octanol–water partition coefficient (Wildman–Crippen LogP) is 3.92. The smallest absolute Gasteiger partial charge is 0.169 e. The van der Waals surface area contributed by atoms with Gasteiger partial charge in [-0.2, -0.15) is 0 Å². The zero-order valence-electron chi connectivity index (χ0n) is 16.0. The lowest BCUT2D eigenvalue weighted by Crippen LogP contribution is -2.39. The van der Waals surface area contributed by atoms with E-state index >= 15 is 0 Å². The van der Waals surface area contributed by atoms with Crippen LogP contribution < -0.4 is 19.5 Å². The van der Waals surface area contributed by atoms with E-state index in [4.69, 9.17) is 26.4 Å². The van der Waals surface area contributed by atoms with Crippen molar-refractivity contribution in [3.63, 3.8) is 0 Å². The van der Waals surface area contributed by atoms with Gasteiger partial charge in [-0.05, 0) is 54.9 Å². The second kappa shape index (κ2) is 8.95. The molecule has 0 spiro atoms. The molecular weight excluding hydrogens is 360 g/mol. The van der Waals surface area contributed by atoms with Crippen molar-refractivity contribution in [3.8, 4) is 17.2 Å². The van der Waals surface area contributed by atoms with E-state index in [1.165, 1.54) is 0 Å². The molecule has 2 aromatic rings. The molecule has 0 aromatic heterocycles. The third-order valence-corrected chi connectivity index (χ3v) is 5.29. The second-order valence-corrected chi connectivity index (χ2v) is 6.85. The molecule has 27 heavy (non-hydrogen) atoms. The minimum Gasteiger partial charge on any atom is -0.497 e. The number of hydrogen-bond donors (Lipinski definition) is 1. The standard InChI is InChI=1S/C21H26N2O3S/c1-24-16-8-6-15(7-9-16)14-22-21(27)23-12-4-5-19(23)18-11-10-17(25-2)13-20(18)26-3/h6-11,13,19H,4-5,12,14H2,1-3H3,(H,22,27)/t19-/m1/s1. The summed E-state index contributed by atoms with van der Waals surface area (Å²) in [6, 6.07) is 14.2. The van der Waals surface area contributed by atoms with Gasteiger partial charge in [0.2, 0.25) is 0 Å². The monoisotopic (exact) mass is 386 g/mol. The van der Waals surface area contributed by atoms with Gasteiger partial charge in [-0.1, -0.05) is 12.1 Å². The van der Waals surface area contributed by atoms with Gasteiger partial charge >= 0.3 is 0 Å². The Kier molecular flexibility index (Phi) is 6.40. The van der Waals surface area contributed by atoms with Crippen LogP contribution in [0.15, 0.2) is 42.5 Å². The van der Waals surface area contributed by atoms with Crippen LogP contribution in [0.5, 0.6) is 17.2 Å². The van der Waals surface area contributed by atoms with E-state index in [-0.39, 0.29) is 6.04 Å². The fraction of sp³-hybridized carbons (Fsp3) is 0.381. The Morgan fingerprint density at radius 3 is 2.41 bits per heavy atom. The summed E-state index contributed by atoms with van der Waals surface area (Å²) in [5.41, 5.74) is 2.31. The normalized spacial score (nSPS) is 16.1. The maximum atomic E-state index is 5.69. The van der Waals surface area contributed by atoms with Crippen molar-refractivity contribution in [1.29, 1.82) is 0 Å². The van der Waals surface area contributed by atoms with Crippen LogP contribution in [0.4, 0.5) is 0 Å². The van der Waals surface area contributed by atoms with Crippen LogP contribution in [-0.2, 0) is 6.54 Å². The first kappa shape index (κ1) is 19.3.